The Bertz CT molecular complexity index is 1620. The van der Waals surface area contributed by atoms with Gasteiger partial charge in [0.2, 0.25) is 0 Å². The first-order chi connectivity index (χ1) is 18.8. The SMILES string of the molecule is N#Cc1cc2cc(CN3CCC(Nc4ncnc5sc(CC(F)(F)F)cc45)CC3)ccc2n1CC1=CCN=N1. The van der Waals surface area contributed by atoms with Gasteiger partial charge in [-0.3, -0.25) is 4.90 Å². The number of nitriles is 1. The molecule has 0 atom stereocenters. The number of allylic oxidation sites excluding steroid dienone is 1. The fourth-order valence-corrected chi connectivity index (χ4v) is 6.28. The van der Waals surface area contributed by atoms with Gasteiger partial charge < -0.3 is 9.88 Å². The number of rotatable bonds is 7. The minimum atomic E-state index is -4.25. The summed E-state index contributed by atoms with van der Waals surface area (Å²) in [5.41, 5.74) is 3.66. The molecule has 0 saturated carbocycles. The first-order valence-electron chi connectivity index (χ1n) is 12.7. The van der Waals surface area contributed by atoms with E-state index in [2.05, 4.69) is 54.7 Å². The summed E-state index contributed by atoms with van der Waals surface area (Å²) < 4.78 is 40.5. The summed E-state index contributed by atoms with van der Waals surface area (Å²) in [5.74, 6) is 0.598. The molecule has 5 heterocycles. The predicted molar refractivity (Wildman–Crippen MR) is 144 cm³/mol. The van der Waals surface area contributed by atoms with Crippen LogP contribution in [0.3, 0.4) is 0 Å². The van der Waals surface area contributed by atoms with Gasteiger partial charge in [0.25, 0.3) is 0 Å². The Labute approximate surface area is 226 Å². The van der Waals surface area contributed by atoms with E-state index < -0.39 is 12.6 Å². The van der Waals surface area contributed by atoms with Crippen LogP contribution in [0.2, 0.25) is 0 Å². The van der Waals surface area contributed by atoms with Gasteiger partial charge in [0.05, 0.1) is 30.6 Å². The minimum Gasteiger partial charge on any atom is -0.367 e. The van der Waals surface area contributed by atoms with Gasteiger partial charge in [-0.15, -0.1) is 11.3 Å². The van der Waals surface area contributed by atoms with E-state index in [1.54, 1.807) is 6.07 Å². The quantitative estimate of drug-likeness (QED) is 0.302. The molecule has 0 amide bonds. The molecule has 6 rings (SSSR count). The summed E-state index contributed by atoms with van der Waals surface area (Å²) in [7, 11) is 0. The van der Waals surface area contributed by atoms with Gasteiger partial charge >= 0.3 is 6.18 Å². The summed E-state index contributed by atoms with van der Waals surface area (Å²) in [6, 6.07) is 12.3. The van der Waals surface area contributed by atoms with Crippen LogP contribution in [0.25, 0.3) is 21.1 Å². The molecule has 0 bridgehead atoms. The van der Waals surface area contributed by atoms with Crippen molar-refractivity contribution in [2.75, 3.05) is 25.0 Å². The standard InChI is InChI=1S/C27H25F3N8S/c28-27(29,30)12-22-11-23-25(32-16-33-26(23)39-22)35-19-4-7-37(8-5-19)14-17-1-2-24-18(9-17)10-21(13-31)38(24)15-20-3-6-34-36-20/h1-3,9-11,16,19H,4-8,12,14-15H2,(H,32,33,35). The average Bonchev–Trinajstić information content (AvgIpc) is 3.64. The Morgan fingerprint density at radius 2 is 1.95 bits per heavy atom. The maximum atomic E-state index is 12.9. The Balaban J connectivity index is 1.09. The molecular weight excluding hydrogens is 525 g/mol. The van der Waals surface area contributed by atoms with Crippen LogP contribution in [0.5, 0.6) is 0 Å². The van der Waals surface area contributed by atoms with Gasteiger partial charge in [0.1, 0.15) is 28.7 Å². The van der Waals surface area contributed by atoms with Crippen molar-refractivity contribution < 1.29 is 13.2 Å². The van der Waals surface area contributed by atoms with Crippen LogP contribution in [0, 0.1) is 11.3 Å². The molecule has 200 valence electrons. The van der Waals surface area contributed by atoms with Gasteiger partial charge in [0.15, 0.2) is 0 Å². The lowest BCUT2D eigenvalue weighted by Gasteiger charge is -2.32. The third kappa shape index (κ3) is 5.65. The van der Waals surface area contributed by atoms with Crippen molar-refractivity contribution in [2.45, 2.75) is 44.6 Å². The summed E-state index contributed by atoms with van der Waals surface area (Å²) in [6.07, 6.45) is -0.0359. The second-order valence-electron chi connectivity index (χ2n) is 9.88. The molecule has 1 N–H and O–H groups in total. The van der Waals surface area contributed by atoms with Crippen molar-refractivity contribution in [2.24, 2.45) is 10.2 Å². The zero-order valence-corrected chi connectivity index (χ0v) is 21.8. The molecule has 1 aromatic carbocycles. The lowest BCUT2D eigenvalue weighted by Crippen LogP contribution is -2.38. The highest BCUT2D eigenvalue weighted by Crippen LogP contribution is 2.33. The molecule has 39 heavy (non-hydrogen) atoms. The number of nitrogens with zero attached hydrogens (tertiary/aromatic N) is 7. The second-order valence-corrected chi connectivity index (χ2v) is 11.0. The lowest BCUT2D eigenvalue weighted by atomic mass is 10.0. The molecule has 12 heteroatoms. The van der Waals surface area contributed by atoms with Gasteiger partial charge in [-0.1, -0.05) is 6.07 Å². The second kappa shape index (κ2) is 10.4. The highest BCUT2D eigenvalue weighted by atomic mass is 32.1. The molecule has 1 saturated heterocycles. The number of likely N-dealkylation sites (tertiary alicyclic amines) is 1. The topological polar surface area (TPSA) is 94.5 Å². The first-order valence-corrected chi connectivity index (χ1v) is 13.5. The van der Waals surface area contributed by atoms with E-state index in [0.717, 1.165) is 60.4 Å². The molecule has 4 aromatic rings. The maximum Gasteiger partial charge on any atom is 0.393 e. The summed E-state index contributed by atoms with van der Waals surface area (Å²) in [5, 5.41) is 22.9. The molecule has 3 aromatic heterocycles. The van der Waals surface area contributed by atoms with Crippen molar-refractivity contribution in [3.8, 4) is 6.07 Å². The maximum absolute atomic E-state index is 12.9. The number of hydrogen-bond donors (Lipinski definition) is 1. The largest absolute Gasteiger partial charge is 0.393 e. The summed E-state index contributed by atoms with van der Waals surface area (Å²) >= 11 is 1.06. The normalized spacial score (nSPS) is 16.7. The number of nitrogens with one attached hydrogen (secondary N) is 1. The van der Waals surface area contributed by atoms with Crippen LogP contribution in [0.4, 0.5) is 19.0 Å². The fraction of sp³-hybridized carbons (Fsp3) is 0.370. The van der Waals surface area contributed by atoms with Crippen LogP contribution >= 0.6 is 11.3 Å². The number of piperidine rings is 1. The van der Waals surface area contributed by atoms with Crippen LogP contribution in [-0.2, 0) is 19.5 Å². The number of aromatic nitrogens is 3. The number of halogens is 3. The number of thiophene rings is 1. The molecule has 2 aliphatic heterocycles. The van der Waals surface area contributed by atoms with Crippen molar-refractivity contribution in [1.82, 2.24) is 19.4 Å². The number of anilines is 1. The zero-order valence-electron chi connectivity index (χ0n) is 20.9. The molecule has 0 radical (unpaired) electrons. The van der Waals surface area contributed by atoms with E-state index in [-0.39, 0.29) is 10.9 Å². The van der Waals surface area contributed by atoms with E-state index in [0.29, 0.717) is 34.8 Å². The van der Waals surface area contributed by atoms with Crippen molar-refractivity contribution in [3.63, 3.8) is 0 Å². The number of azo groups is 1. The fourth-order valence-electron chi connectivity index (χ4n) is 5.25. The summed E-state index contributed by atoms with van der Waals surface area (Å²) in [6.45, 7) is 3.70. The predicted octanol–water partition coefficient (Wildman–Crippen LogP) is 6.05. The Kier molecular flexibility index (Phi) is 6.78. The minimum absolute atomic E-state index is 0.182. The van der Waals surface area contributed by atoms with Crippen LogP contribution in [0.1, 0.15) is 29.0 Å². The van der Waals surface area contributed by atoms with Gasteiger partial charge in [-0.25, -0.2) is 9.97 Å². The van der Waals surface area contributed by atoms with E-state index in [1.807, 2.05) is 16.7 Å². The molecule has 0 spiro atoms. The molecular formula is C27H25F3N8S. The summed E-state index contributed by atoms with van der Waals surface area (Å²) in [4.78, 5) is 11.7. The van der Waals surface area contributed by atoms with Gasteiger partial charge in [0, 0.05) is 41.5 Å². The lowest BCUT2D eigenvalue weighted by molar-refractivity contribution is -0.126. The van der Waals surface area contributed by atoms with Crippen LogP contribution < -0.4 is 5.32 Å². The highest BCUT2D eigenvalue weighted by molar-refractivity contribution is 7.18. The highest BCUT2D eigenvalue weighted by Gasteiger charge is 2.29. The smallest absolute Gasteiger partial charge is 0.367 e. The van der Waals surface area contributed by atoms with E-state index in [4.69, 9.17) is 0 Å². The molecule has 2 aliphatic rings. The molecule has 0 unspecified atom stereocenters. The third-order valence-corrected chi connectivity index (χ3v) is 8.14. The van der Waals surface area contributed by atoms with Crippen LogP contribution in [-0.4, -0.2) is 51.3 Å². The zero-order chi connectivity index (χ0) is 27.0. The van der Waals surface area contributed by atoms with Crippen molar-refractivity contribution in [1.29, 1.82) is 5.26 Å². The Morgan fingerprint density at radius 1 is 1.10 bits per heavy atom. The Morgan fingerprint density at radius 3 is 2.69 bits per heavy atom. The third-order valence-electron chi connectivity index (χ3n) is 7.10. The van der Waals surface area contributed by atoms with E-state index >= 15 is 0 Å². The Hall–Kier alpha value is -3.82. The molecule has 8 nitrogen and oxygen atoms in total. The molecule has 0 aliphatic carbocycles. The number of alkyl halides is 3. The average molecular weight is 551 g/mol. The number of fused-ring (bicyclic) bond motifs is 2. The van der Waals surface area contributed by atoms with E-state index in [9.17, 15) is 18.4 Å². The van der Waals surface area contributed by atoms with Gasteiger partial charge in [-0.2, -0.15) is 28.7 Å². The van der Waals surface area contributed by atoms with Gasteiger partial charge in [-0.05, 0) is 48.7 Å². The monoisotopic (exact) mass is 550 g/mol. The van der Waals surface area contributed by atoms with Crippen molar-refractivity contribution in [3.05, 3.63) is 64.6 Å². The van der Waals surface area contributed by atoms with Crippen LogP contribution in [0.15, 0.2) is 58.7 Å². The first kappa shape index (κ1) is 25.5. The van der Waals surface area contributed by atoms with Crippen molar-refractivity contribution >= 4 is 38.3 Å². The molecule has 1 fully saturated rings. The number of benzene rings is 1. The van der Waals surface area contributed by atoms with E-state index in [1.165, 1.54) is 11.9 Å². The number of hydrogen-bond acceptors (Lipinski definition) is 8.